The van der Waals surface area contributed by atoms with Crippen LogP contribution in [0.3, 0.4) is 0 Å². The van der Waals surface area contributed by atoms with Gasteiger partial charge in [0.2, 0.25) is 0 Å². The summed E-state index contributed by atoms with van der Waals surface area (Å²) in [5.41, 5.74) is 0.662. The lowest BCUT2D eigenvalue weighted by Gasteiger charge is -2.09. The van der Waals surface area contributed by atoms with E-state index < -0.39 is 23.6 Å². The monoisotopic (exact) mass is 227 g/mol. The fourth-order valence-electron chi connectivity index (χ4n) is 1.78. The van der Waals surface area contributed by atoms with Gasteiger partial charge in [-0.15, -0.1) is 0 Å². The average Bonchev–Trinajstić information content (AvgIpc) is 2.62. The van der Waals surface area contributed by atoms with Gasteiger partial charge in [-0.3, -0.25) is 0 Å². The Balaban J connectivity index is 2.21. The normalized spacial score (nSPS) is 17.8. The third kappa shape index (κ3) is 1.85. The van der Waals surface area contributed by atoms with Crippen molar-refractivity contribution in [2.45, 2.75) is 19.4 Å². The summed E-state index contributed by atoms with van der Waals surface area (Å²) in [7, 11) is 0. The lowest BCUT2D eigenvalue weighted by molar-refractivity contribution is -0.143. The molecule has 1 heterocycles. The van der Waals surface area contributed by atoms with Crippen LogP contribution in [0.15, 0.2) is 12.1 Å². The van der Waals surface area contributed by atoms with Gasteiger partial charge in [0.15, 0.2) is 0 Å². The number of esters is 1. The highest BCUT2D eigenvalue weighted by molar-refractivity contribution is 5.83. The first-order valence-electron chi connectivity index (χ1n) is 5.03. The van der Waals surface area contributed by atoms with Crippen molar-refractivity contribution in [1.82, 2.24) is 0 Å². The van der Waals surface area contributed by atoms with Crippen molar-refractivity contribution < 1.29 is 18.3 Å². The zero-order chi connectivity index (χ0) is 11.7. The molecule has 86 valence electrons. The molecule has 1 N–H and O–H groups in total. The molecule has 0 radical (unpaired) electrons. The van der Waals surface area contributed by atoms with Crippen LogP contribution >= 0.6 is 0 Å². The number of carbonyl (C=O) groups is 1. The van der Waals surface area contributed by atoms with Crippen LogP contribution in [-0.4, -0.2) is 18.6 Å². The van der Waals surface area contributed by atoms with E-state index in [1.54, 1.807) is 6.92 Å². The van der Waals surface area contributed by atoms with Crippen LogP contribution in [-0.2, 0) is 16.0 Å². The molecule has 3 nitrogen and oxygen atoms in total. The minimum atomic E-state index is -0.679. The summed E-state index contributed by atoms with van der Waals surface area (Å²) < 4.78 is 31.0. The minimum absolute atomic E-state index is 0.194. The number of carbonyl (C=O) groups excluding carboxylic acids is 1. The maximum Gasteiger partial charge on any atom is 0.328 e. The van der Waals surface area contributed by atoms with Gasteiger partial charge in [0.1, 0.15) is 17.7 Å². The lowest BCUT2D eigenvalue weighted by Crippen LogP contribution is -2.29. The highest BCUT2D eigenvalue weighted by atomic mass is 19.1. The minimum Gasteiger partial charge on any atom is -0.464 e. The predicted molar refractivity (Wildman–Crippen MR) is 54.1 cm³/mol. The smallest absolute Gasteiger partial charge is 0.328 e. The Morgan fingerprint density at radius 3 is 3.00 bits per heavy atom. The molecule has 0 amide bonds. The van der Waals surface area contributed by atoms with E-state index in [0.29, 0.717) is 5.56 Å². The van der Waals surface area contributed by atoms with Crippen LogP contribution in [0, 0.1) is 11.6 Å². The first-order chi connectivity index (χ1) is 7.61. The maximum atomic E-state index is 13.3. The number of fused-ring (bicyclic) bond motifs is 1. The largest absolute Gasteiger partial charge is 0.464 e. The van der Waals surface area contributed by atoms with Gasteiger partial charge in [-0.25, -0.2) is 13.6 Å². The fourth-order valence-corrected chi connectivity index (χ4v) is 1.78. The summed E-state index contributed by atoms with van der Waals surface area (Å²) in [5.74, 6) is -1.76. The number of rotatable bonds is 2. The number of nitrogens with one attached hydrogen (secondary N) is 1. The third-order valence-electron chi connectivity index (χ3n) is 2.45. The second-order valence-corrected chi connectivity index (χ2v) is 3.57. The summed E-state index contributed by atoms with van der Waals surface area (Å²) in [5, 5.41) is 2.70. The van der Waals surface area contributed by atoms with E-state index in [-0.39, 0.29) is 18.7 Å². The molecule has 0 aliphatic carbocycles. The maximum absolute atomic E-state index is 13.3. The average molecular weight is 227 g/mol. The van der Waals surface area contributed by atoms with Crippen LogP contribution in [0.4, 0.5) is 14.5 Å². The Morgan fingerprint density at radius 2 is 2.31 bits per heavy atom. The molecule has 1 aromatic rings. The number of hydrogen-bond acceptors (Lipinski definition) is 3. The van der Waals surface area contributed by atoms with Crippen molar-refractivity contribution in [3.05, 3.63) is 29.3 Å². The number of anilines is 1. The van der Waals surface area contributed by atoms with Gasteiger partial charge in [0, 0.05) is 12.5 Å². The van der Waals surface area contributed by atoms with Gasteiger partial charge in [0.05, 0.1) is 12.3 Å². The van der Waals surface area contributed by atoms with E-state index >= 15 is 0 Å². The molecule has 0 bridgehead atoms. The van der Waals surface area contributed by atoms with Crippen LogP contribution in [0.5, 0.6) is 0 Å². The molecular weight excluding hydrogens is 216 g/mol. The van der Waals surface area contributed by atoms with E-state index in [4.69, 9.17) is 4.74 Å². The fraction of sp³-hybridized carbons (Fsp3) is 0.364. The van der Waals surface area contributed by atoms with Crippen LogP contribution < -0.4 is 5.32 Å². The molecule has 16 heavy (non-hydrogen) atoms. The summed E-state index contributed by atoms with van der Waals surface area (Å²) in [4.78, 5) is 11.4. The molecule has 0 aromatic heterocycles. The van der Waals surface area contributed by atoms with Gasteiger partial charge in [-0.1, -0.05) is 0 Å². The molecule has 1 aliphatic heterocycles. The molecule has 0 fully saturated rings. The van der Waals surface area contributed by atoms with E-state index in [1.807, 2.05) is 0 Å². The van der Waals surface area contributed by atoms with E-state index in [0.717, 1.165) is 6.07 Å². The summed E-state index contributed by atoms with van der Waals surface area (Å²) in [6.07, 6.45) is 0.253. The zero-order valence-electron chi connectivity index (χ0n) is 8.72. The molecule has 0 unspecified atom stereocenters. The van der Waals surface area contributed by atoms with Gasteiger partial charge < -0.3 is 10.1 Å². The van der Waals surface area contributed by atoms with Crippen molar-refractivity contribution in [2.24, 2.45) is 0 Å². The van der Waals surface area contributed by atoms with E-state index in [1.165, 1.54) is 6.07 Å². The number of ether oxygens (including phenoxy) is 1. The van der Waals surface area contributed by atoms with Gasteiger partial charge >= 0.3 is 5.97 Å². The number of hydrogen-bond donors (Lipinski definition) is 1. The second kappa shape index (κ2) is 4.08. The van der Waals surface area contributed by atoms with Crippen molar-refractivity contribution in [2.75, 3.05) is 11.9 Å². The van der Waals surface area contributed by atoms with Gasteiger partial charge in [-0.2, -0.15) is 0 Å². The molecule has 1 aromatic carbocycles. The van der Waals surface area contributed by atoms with E-state index in [2.05, 4.69) is 5.32 Å². The first kappa shape index (κ1) is 10.9. The Labute approximate surface area is 91.4 Å². The summed E-state index contributed by atoms with van der Waals surface area (Å²) >= 11 is 0. The predicted octanol–water partition coefficient (Wildman–Crippen LogP) is 1.86. The SMILES string of the molecule is CCOC(=O)[C@@H]1Cc2cc(F)cc(F)c2N1. The van der Waals surface area contributed by atoms with Crippen LogP contribution in [0.25, 0.3) is 0 Å². The molecule has 0 saturated carbocycles. The summed E-state index contributed by atoms with van der Waals surface area (Å²) in [6.45, 7) is 1.96. The van der Waals surface area contributed by atoms with E-state index in [9.17, 15) is 13.6 Å². The molecule has 5 heteroatoms. The molecule has 1 aliphatic rings. The second-order valence-electron chi connectivity index (χ2n) is 3.57. The van der Waals surface area contributed by atoms with Crippen molar-refractivity contribution in [3.63, 3.8) is 0 Å². The Bertz CT molecular complexity index is 434. The zero-order valence-corrected chi connectivity index (χ0v) is 8.72. The lowest BCUT2D eigenvalue weighted by atomic mass is 10.1. The van der Waals surface area contributed by atoms with Crippen molar-refractivity contribution in [3.8, 4) is 0 Å². The topological polar surface area (TPSA) is 38.3 Å². The highest BCUT2D eigenvalue weighted by Gasteiger charge is 2.30. The van der Waals surface area contributed by atoms with Crippen molar-refractivity contribution >= 4 is 11.7 Å². The molecule has 0 spiro atoms. The first-order valence-corrected chi connectivity index (χ1v) is 5.03. The van der Waals surface area contributed by atoms with Crippen LogP contribution in [0.1, 0.15) is 12.5 Å². The quantitative estimate of drug-likeness (QED) is 0.784. The third-order valence-corrected chi connectivity index (χ3v) is 2.45. The van der Waals surface area contributed by atoms with Gasteiger partial charge in [-0.05, 0) is 18.6 Å². The standard InChI is InChI=1S/C11H11F2NO2/c1-2-16-11(15)9-4-6-3-7(12)5-8(13)10(6)14-9/h3,5,9,14H,2,4H2,1H3/t9-/m0/s1. The number of benzene rings is 1. The number of halogens is 2. The molecule has 2 rings (SSSR count). The van der Waals surface area contributed by atoms with Crippen LogP contribution in [0.2, 0.25) is 0 Å². The van der Waals surface area contributed by atoms with Gasteiger partial charge in [0.25, 0.3) is 0 Å². The molecular formula is C11H11F2NO2. The Morgan fingerprint density at radius 1 is 1.56 bits per heavy atom. The molecule has 0 saturated heterocycles. The molecule has 1 atom stereocenters. The summed E-state index contributed by atoms with van der Waals surface area (Å²) in [6, 6.07) is 1.40. The highest BCUT2D eigenvalue weighted by Crippen LogP contribution is 2.29. The Hall–Kier alpha value is -1.65. The van der Waals surface area contributed by atoms with Crippen molar-refractivity contribution in [1.29, 1.82) is 0 Å². The Kier molecular flexibility index (Phi) is 2.77.